The molecule has 3 saturated carbocycles. The number of non-ortho nitro benzene ring substituents is 2. The van der Waals surface area contributed by atoms with E-state index >= 15 is 0 Å². The predicted octanol–water partition coefficient (Wildman–Crippen LogP) is 9.32. The Morgan fingerprint density at radius 3 is 2.30 bits per heavy atom. The Morgan fingerprint density at radius 1 is 1.00 bits per heavy atom. The molecule has 8 heteroatoms. The second kappa shape index (κ2) is 13.4. The summed E-state index contributed by atoms with van der Waals surface area (Å²) in [6, 6.07) is 2.88. The van der Waals surface area contributed by atoms with Gasteiger partial charge in [-0.2, -0.15) is 0 Å². The largest absolute Gasteiger partial charge is 0.458 e. The molecule has 3 aliphatic carbocycles. The van der Waals surface area contributed by atoms with E-state index in [1.807, 2.05) is 0 Å². The highest BCUT2D eigenvalue weighted by molar-refractivity contribution is 5.91. The number of nitro benzene ring substituents is 2. The summed E-state index contributed by atoms with van der Waals surface area (Å²) in [5, 5.41) is 22.5. The fourth-order valence-electron chi connectivity index (χ4n) is 7.47. The molecule has 0 unspecified atom stereocenters. The van der Waals surface area contributed by atoms with E-state index in [9.17, 15) is 25.0 Å². The van der Waals surface area contributed by atoms with E-state index in [0.717, 1.165) is 35.8 Å². The number of allylic oxidation sites excluding steroid dienone is 6. The second-order valence-electron chi connectivity index (χ2n) is 13.5. The lowest BCUT2D eigenvalue weighted by Gasteiger charge is -2.44. The van der Waals surface area contributed by atoms with Crippen LogP contribution >= 0.6 is 0 Å². The number of hydrogen-bond donors (Lipinski definition) is 0. The molecule has 43 heavy (non-hydrogen) atoms. The Kier molecular flexibility index (Phi) is 10.1. The lowest BCUT2D eigenvalue weighted by molar-refractivity contribution is -0.394. The van der Waals surface area contributed by atoms with Gasteiger partial charge in [0.15, 0.2) is 0 Å². The average Bonchev–Trinajstić information content (AvgIpc) is 3.33. The number of carbonyl (C=O) groups is 1. The molecular weight excluding hydrogens is 544 g/mol. The first-order valence-corrected chi connectivity index (χ1v) is 15.7. The second-order valence-corrected chi connectivity index (χ2v) is 13.5. The zero-order valence-corrected chi connectivity index (χ0v) is 26.2. The molecule has 1 aromatic carbocycles. The van der Waals surface area contributed by atoms with Crippen LogP contribution in [0.15, 0.2) is 65.8 Å². The minimum Gasteiger partial charge on any atom is -0.458 e. The van der Waals surface area contributed by atoms with Gasteiger partial charge < -0.3 is 4.74 Å². The predicted molar refractivity (Wildman–Crippen MR) is 169 cm³/mol. The molecule has 0 spiro atoms. The van der Waals surface area contributed by atoms with Crippen LogP contribution in [-0.2, 0) is 4.74 Å². The molecule has 0 N–H and O–H groups in total. The van der Waals surface area contributed by atoms with Crippen molar-refractivity contribution in [2.45, 2.75) is 92.1 Å². The minimum atomic E-state index is -0.798. The van der Waals surface area contributed by atoms with Crippen LogP contribution in [0.25, 0.3) is 0 Å². The Morgan fingerprint density at radius 2 is 1.67 bits per heavy atom. The van der Waals surface area contributed by atoms with Gasteiger partial charge in [-0.15, -0.1) is 0 Å². The summed E-state index contributed by atoms with van der Waals surface area (Å²) in [6.45, 7) is 16.0. The number of nitro groups is 2. The SMILES string of the molecule is C=C1CC[C@@H](OC(=O)c2cc([N+](=O)[O-])cc([N+](=O)[O-])c2)C/C1=C\C=C1/CCC[C@@]2(C)[C@H]1CC[C@H]2[C@H](C)/C=C/[C@@H](C)C(C)C. The molecule has 0 amide bonds. The molecule has 4 rings (SSSR count). The van der Waals surface area contributed by atoms with Crippen LogP contribution in [0.3, 0.4) is 0 Å². The summed E-state index contributed by atoms with van der Waals surface area (Å²) in [7, 11) is 0. The van der Waals surface area contributed by atoms with Gasteiger partial charge in [0, 0.05) is 18.6 Å². The van der Waals surface area contributed by atoms with Crippen LogP contribution in [0.4, 0.5) is 11.4 Å². The van der Waals surface area contributed by atoms with Gasteiger partial charge in [0.05, 0.1) is 21.5 Å². The molecule has 0 saturated heterocycles. The van der Waals surface area contributed by atoms with Crippen LogP contribution in [0.2, 0.25) is 0 Å². The van der Waals surface area contributed by atoms with Gasteiger partial charge in [0.1, 0.15) is 6.10 Å². The zero-order valence-electron chi connectivity index (χ0n) is 26.2. The third-order valence-corrected chi connectivity index (χ3v) is 10.4. The van der Waals surface area contributed by atoms with Crippen molar-refractivity contribution in [1.82, 2.24) is 0 Å². The summed E-state index contributed by atoms with van der Waals surface area (Å²) in [4.78, 5) is 33.9. The lowest BCUT2D eigenvalue weighted by Crippen LogP contribution is -2.35. The van der Waals surface area contributed by atoms with Crippen molar-refractivity contribution in [3.05, 3.63) is 91.6 Å². The van der Waals surface area contributed by atoms with Gasteiger partial charge in [-0.1, -0.05) is 76.6 Å². The molecule has 8 nitrogen and oxygen atoms in total. The quantitative estimate of drug-likeness (QED) is 0.123. The van der Waals surface area contributed by atoms with Crippen LogP contribution in [0.1, 0.15) is 96.3 Å². The molecule has 3 aliphatic rings. The number of esters is 1. The van der Waals surface area contributed by atoms with E-state index < -0.39 is 33.3 Å². The number of hydrogen-bond acceptors (Lipinski definition) is 6. The first kappa shape index (κ1) is 32.4. The molecule has 0 bridgehead atoms. The Bertz CT molecular complexity index is 1330. The molecule has 0 aromatic heterocycles. The minimum absolute atomic E-state index is 0.196. The Balaban J connectivity index is 1.47. The number of benzene rings is 1. The number of fused-ring (bicyclic) bond motifs is 1. The van der Waals surface area contributed by atoms with Gasteiger partial charge in [0.2, 0.25) is 0 Å². The smallest absolute Gasteiger partial charge is 0.338 e. The summed E-state index contributed by atoms with van der Waals surface area (Å²) >= 11 is 0. The molecule has 0 radical (unpaired) electrons. The highest BCUT2D eigenvalue weighted by atomic mass is 16.6. The Labute approximate surface area is 255 Å². The van der Waals surface area contributed by atoms with Gasteiger partial charge in [-0.25, -0.2) is 4.79 Å². The summed E-state index contributed by atoms with van der Waals surface area (Å²) < 4.78 is 5.70. The van der Waals surface area contributed by atoms with E-state index in [1.54, 1.807) is 0 Å². The van der Waals surface area contributed by atoms with E-state index in [-0.39, 0.29) is 11.0 Å². The van der Waals surface area contributed by atoms with Gasteiger partial charge in [0.25, 0.3) is 11.4 Å². The van der Waals surface area contributed by atoms with Crippen molar-refractivity contribution in [3.8, 4) is 0 Å². The molecule has 0 aliphatic heterocycles. The third-order valence-electron chi connectivity index (χ3n) is 10.4. The van der Waals surface area contributed by atoms with Crippen LogP contribution in [-0.4, -0.2) is 21.9 Å². The molecule has 6 atom stereocenters. The van der Waals surface area contributed by atoms with Crippen molar-refractivity contribution >= 4 is 17.3 Å². The number of rotatable bonds is 9. The normalized spacial score (nSPS) is 29.2. The van der Waals surface area contributed by atoms with E-state index in [4.69, 9.17) is 4.74 Å². The summed E-state index contributed by atoms with van der Waals surface area (Å²) in [5.74, 6) is 2.21. The maximum Gasteiger partial charge on any atom is 0.338 e. The highest BCUT2D eigenvalue weighted by Gasteiger charge is 2.50. The van der Waals surface area contributed by atoms with Crippen molar-refractivity contribution in [2.24, 2.45) is 35.0 Å². The first-order chi connectivity index (χ1) is 20.3. The fraction of sp³-hybridized carbons (Fsp3) is 0.571. The summed E-state index contributed by atoms with van der Waals surface area (Å²) in [5.41, 5.74) is 2.63. The molecular formula is C35H46N2O6. The van der Waals surface area contributed by atoms with E-state index in [2.05, 4.69) is 65.5 Å². The molecule has 3 fully saturated rings. The van der Waals surface area contributed by atoms with E-state index in [0.29, 0.717) is 48.9 Å². The third kappa shape index (κ3) is 7.34. The van der Waals surface area contributed by atoms with Crippen molar-refractivity contribution in [1.29, 1.82) is 0 Å². The maximum atomic E-state index is 12.9. The molecule has 0 heterocycles. The van der Waals surface area contributed by atoms with Crippen LogP contribution < -0.4 is 0 Å². The highest BCUT2D eigenvalue weighted by Crippen LogP contribution is 2.59. The number of nitrogens with zero attached hydrogens (tertiary/aromatic N) is 2. The molecule has 1 aromatic rings. The van der Waals surface area contributed by atoms with Gasteiger partial charge >= 0.3 is 5.97 Å². The van der Waals surface area contributed by atoms with Gasteiger partial charge in [-0.05, 0) is 85.5 Å². The summed E-state index contributed by atoms with van der Waals surface area (Å²) in [6.07, 6.45) is 16.6. The van der Waals surface area contributed by atoms with Crippen LogP contribution in [0, 0.1) is 55.2 Å². The van der Waals surface area contributed by atoms with Gasteiger partial charge in [-0.3, -0.25) is 20.2 Å². The zero-order chi connectivity index (χ0) is 31.5. The van der Waals surface area contributed by atoms with Crippen molar-refractivity contribution in [2.75, 3.05) is 0 Å². The Hall–Kier alpha value is -3.55. The number of ether oxygens (including phenoxy) is 1. The lowest BCUT2D eigenvalue weighted by atomic mass is 9.61. The number of carbonyl (C=O) groups excluding carboxylic acids is 1. The fourth-order valence-corrected chi connectivity index (χ4v) is 7.47. The van der Waals surface area contributed by atoms with Crippen molar-refractivity contribution < 1.29 is 19.4 Å². The van der Waals surface area contributed by atoms with Crippen molar-refractivity contribution in [3.63, 3.8) is 0 Å². The molecule has 232 valence electrons. The standard InChI is InChI=1S/C35H46N2O6/c1-22(2)23(3)9-10-25(5)32-15-16-33-26(8-7-17-35(32,33)6)12-13-27-20-31(14-11-24(27)4)43-34(38)28-18-29(36(39)40)21-30(19-28)37(41)42/h9-10,12-13,18-19,21-23,25,31-33H,4,7-8,11,14-17,20H2,1-3,5-6H3/b10-9+,26-12+,27-13+/t23-,25-,31-,32+,33+,35-/m1/s1. The van der Waals surface area contributed by atoms with Crippen LogP contribution in [0.5, 0.6) is 0 Å². The first-order valence-electron chi connectivity index (χ1n) is 15.7. The monoisotopic (exact) mass is 590 g/mol. The average molecular weight is 591 g/mol. The van der Waals surface area contributed by atoms with E-state index in [1.165, 1.54) is 31.3 Å². The topological polar surface area (TPSA) is 113 Å². The maximum absolute atomic E-state index is 12.9.